The number of hydrogen-bond acceptors (Lipinski definition) is 4. The Balaban J connectivity index is 1.64. The van der Waals surface area contributed by atoms with E-state index < -0.39 is 0 Å². The molecule has 1 atom stereocenters. The van der Waals surface area contributed by atoms with Gasteiger partial charge < -0.3 is 14.2 Å². The van der Waals surface area contributed by atoms with E-state index in [0.29, 0.717) is 24.5 Å². The second-order valence-corrected chi connectivity index (χ2v) is 9.21. The lowest BCUT2D eigenvalue weighted by Gasteiger charge is -2.10. The van der Waals surface area contributed by atoms with Crippen LogP contribution in [0.5, 0.6) is 17.2 Å². The third-order valence-electron chi connectivity index (χ3n) is 6.20. The van der Waals surface area contributed by atoms with E-state index in [0.717, 1.165) is 30.3 Å². The fourth-order valence-electron chi connectivity index (χ4n) is 3.71. The third kappa shape index (κ3) is 11.6. The summed E-state index contributed by atoms with van der Waals surface area (Å²) in [6.07, 6.45) is 13.7. The highest BCUT2D eigenvalue weighted by Gasteiger charge is 2.09. The Hall–Kier alpha value is -2.49. The van der Waals surface area contributed by atoms with E-state index in [-0.39, 0.29) is 5.97 Å². The molecule has 4 nitrogen and oxygen atoms in total. The molecule has 0 saturated heterocycles. The van der Waals surface area contributed by atoms with Crippen molar-refractivity contribution < 1.29 is 19.0 Å². The van der Waals surface area contributed by atoms with Gasteiger partial charge in [-0.1, -0.05) is 72.1 Å². The number of rotatable bonds is 18. The van der Waals surface area contributed by atoms with Crippen LogP contribution in [-0.4, -0.2) is 19.2 Å². The summed E-state index contributed by atoms with van der Waals surface area (Å²) in [5.74, 6) is 2.45. The summed E-state index contributed by atoms with van der Waals surface area (Å²) < 4.78 is 17.1. The van der Waals surface area contributed by atoms with Crippen molar-refractivity contribution in [2.45, 2.75) is 91.4 Å². The van der Waals surface area contributed by atoms with Gasteiger partial charge in [0.1, 0.15) is 17.2 Å². The second-order valence-electron chi connectivity index (χ2n) is 9.21. The van der Waals surface area contributed by atoms with Crippen molar-refractivity contribution in [1.29, 1.82) is 0 Å². The molecule has 0 radical (unpaired) electrons. The molecule has 4 heteroatoms. The van der Waals surface area contributed by atoms with Gasteiger partial charge in [0.25, 0.3) is 0 Å². The molecule has 0 unspecified atom stereocenters. The Kier molecular flexibility index (Phi) is 13.9. The van der Waals surface area contributed by atoms with Crippen LogP contribution in [0.1, 0.15) is 102 Å². The monoisotopic (exact) mass is 468 g/mol. The molecule has 0 heterocycles. The van der Waals surface area contributed by atoms with Gasteiger partial charge in [0.05, 0.1) is 18.8 Å². The summed E-state index contributed by atoms with van der Waals surface area (Å²) in [5, 5.41) is 0. The second kappa shape index (κ2) is 17.0. The first-order chi connectivity index (χ1) is 16.6. The highest BCUT2D eigenvalue weighted by atomic mass is 16.5. The Bertz CT molecular complexity index is 782. The van der Waals surface area contributed by atoms with Crippen LogP contribution < -0.4 is 14.2 Å². The number of hydrogen-bond donors (Lipinski definition) is 0. The molecule has 0 saturated carbocycles. The van der Waals surface area contributed by atoms with E-state index in [1.165, 1.54) is 57.8 Å². The molecule has 2 aromatic rings. The smallest absolute Gasteiger partial charge is 0.343 e. The molecule has 0 aliphatic heterocycles. The van der Waals surface area contributed by atoms with E-state index in [2.05, 4.69) is 20.8 Å². The predicted molar refractivity (Wildman–Crippen MR) is 140 cm³/mol. The average molecular weight is 469 g/mol. The number of unbranched alkanes of at least 4 members (excludes halogenated alkanes) is 7. The molecular weight excluding hydrogens is 424 g/mol. The Morgan fingerprint density at radius 1 is 0.676 bits per heavy atom. The molecule has 0 fully saturated rings. The first-order valence-electron chi connectivity index (χ1n) is 13.3. The summed E-state index contributed by atoms with van der Waals surface area (Å²) in [5.41, 5.74) is 0.504. The van der Waals surface area contributed by atoms with Crippen molar-refractivity contribution in [1.82, 2.24) is 0 Å². The standard InChI is InChI=1S/C30H44O4/c1-4-6-7-8-9-10-11-12-23-32-27-17-15-26(16-18-27)30(31)34-29-21-19-28(20-22-29)33-24-13-14-25(3)5-2/h15-22,25H,4-14,23-24H2,1-3H3/t25-/m0/s1. The minimum absolute atomic E-state index is 0.378. The minimum atomic E-state index is -0.378. The zero-order valence-corrected chi connectivity index (χ0v) is 21.5. The van der Waals surface area contributed by atoms with Gasteiger partial charge in [0.15, 0.2) is 0 Å². The Labute approximate surface area is 207 Å². The maximum atomic E-state index is 12.4. The molecule has 0 aromatic heterocycles. The molecule has 0 spiro atoms. The summed E-state index contributed by atoms with van der Waals surface area (Å²) in [6, 6.07) is 14.4. The lowest BCUT2D eigenvalue weighted by atomic mass is 10.0. The minimum Gasteiger partial charge on any atom is -0.494 e. The number of esters is 1. The lowest BCUT2D eigenvalue weighted by Crippen LogP contribution is -2.08. The highest BCUT2D eigenvalue weighted by molar-refractivity contribution is 5.91. The van der Waals surface area contributed by atoms with E-state index in [4.69, 9.17) is 14.2 Å². The summed E-state index contributed by atoms with van der Waals surface area (Å²) in [4.78, 5) is 12.4. The molecule has 0 aliphatic carbocycles. The maximum absolute atomic E-state index is 12.4. The van der Waals surface area contributed by atoms with Crippen LogP contribution in [0.25, 0.3) is 0 Å². The zero-order valence-electron chi connectivity index (χ0n) is 21.5. The molecular formula is C30H44O4. The van der Waals surface area contributed by atoms with Gasteiger partial charge in [0.2, 0.25) is 0 Å². The van der Waals surface area contributed by atoms with Gasteiger partial charge in [0, 0.05) is 0 Å². The van der Waals surface area contributed by atoms with Crippen LogP contribution in [0.15, 0.2) is 48.5 Å². The fourth-order valence-corrected chi connectivity index (χ4v) is 3.71. The van der Waals surface area contributed by atoms with E-state index in [9.17, 15) is 4.79 Å². The van der Waals surface area contributed by atoms with Gasteiger partial charge in [-0.25, -0.2) is 4.79 Å². The molecule has 2 rings (SSSR count). The average Bonchev–Trinajstić information content (AvgIpc) is 2.86. The number of ether oxygens (including phenoxy) is 3. The van der Waals surface area contributed by atoms with Crippen molar-refractivity contribution in [3.63, 3.8) is 0 Å². The first kappa shape index (κ1) is 27.8. The van der Waals surface area contributed by atoms with Crippen molar-refractivity contribution >= 4 is 5.97 Å². The van der Waals surface area contributed by atoms with Crippen LogP contribution in [0.4, 0.5) is 0 Å². The van der Waals surface area contributed by atoms with Gasteiger partial charge in [-0.2, -0.15) is 0 Å². The van der Waals surface area contributed by atoms with Crippen molar-refractivity contribution in [2.75, 3.05) is 13.2 Å². The van der Waals surface area contributed by atoms with Crippen LogP contribution in [0, 0.1) is 5.92 Å². The largest absolute Gasteiger partial charge is 0.494 e. The topological polar surface area (TPSA) is 44.8 Å². The third-order valence-corrected chi connectivity index (χ3v) is 6.20. The van der Waals surface area contributed by atoms with E-state index in [1.54, 1.807) is 24.3 Å². The number of benzene rings is 2. The van der Waals surface area contributed by atoms with Crippen LogP contribution in [0.2, 0.25) is 0 Å². The molecule has 0 amide bonds. The zero-order chi connectivity index (χ0) is 24.4. The van der Waals surface area contributed by atoms with E-state index >= 15 is 0 Å². The quantitative estimate of drug-likeness (QED) is 0.125. The van der Waals surface area contributed by atoms with Gasteiger partial charge in [-0.15, -0.1) is 0 Å². The predicted octanol–water partition coefficient (Wildman–Crippen LogP) is 8.63. The molecule has 188 valence electrons. The normalized spacial score (nSPS) is 11.7. The Morgan fingerprint density at radius 2 is 1.18 bits per heavy atom. The molecule has 34 heavy (non-hydrogen) atoms. The van der Waals surface area contributed by atoms with Crippen molar-refractivity contribution in [2.24, 2.45) is 5.92 Å². The maximum Gasteiger partial charge on any atom is 0.343 e. The lowest BCUT2D eigenvalue weighted by molar-refractivity contribution is 0.0734. The first-order valence-corrected chi connectivity index (χ1v) is 13.3. The molecule has 0 bridgehead atoms. The van der Waals surface area contributed by atoms with Crippen molar-refractivity contribution in [3.05, 3.63) is 54.1 Å². The van der Waals surface area contributed by atoms with Gasteiger partial charge >= 0.3 is 5.97 Å². The molecule has 0 N–H and O–H groups in total. The SMILES string of the molecule is CCCCCCCCCCOc1ccc(C(=O)Oc2ccc(OCCC[C@@H](C)CC)cc2)cc1. The Morgan fingerprint density at radius 3 is 1.76 bits per heavy atom. The summed E-state index contributed by atoms with van der Waals surface area (Å²) in [7, 11) is 0. The fraction of sp³-hybridized carbons (Fsp3) is 0.567. The molecule has 2 aromatic carbocycles. The number of carbonyl (C=O) groups excluding carboxylic acids is 1. The molecule has 0 aliphatic rings. The van der Waals surface area contributed by atoms with Crippen molar-refractivity contribution in [3.8, 4) is 17.2 Å². The summed E-state index contributed by atoms with van der Waals surface area (Å²) >= 11 is 0. The van der Waals surface area contributed by atoms with E-state index in [1.807, 2.05) is 24.3 Å². The van der Waals surface area contributed by atoms with Crippen LogP contribution in [0.3, 0.4) is 0 Å². The number of carbonyl (C=O) groups is 1. The van der Waals surface area contributed by atoms with Crippen LogP contribution in [-0.2, 0) is 0 Å². The van der Waals surface area contributed by atoms with Crippen LogP contribution >= 0.6 is 0 Å². The summed E-state index contributed by atoms with van der Waals surface area (Å²) in [6.45, 7) is 8.15. The van der Waals surface area contributed by atoms with Gasteiger partial charge in [-0.05, 0) is 73.7 Å². The van der Waals surface area contributed by atoms with Gasteiger partial charge in [-0.3, -0.25) is 0 Å². The highest BCUT2D eigenvalue weighted by Crippen LogP contribution is 2.20.